The van der Waals surface area contributed by atoms with Crippen molar-refractivity contribution in [1.82, 2.24) is 19.7 Å². The summed E-state index contributed by atoms with van der Waals surface area (Å²) in [6, 6.07) is 0. The molecule has 24 heavy (non-hydrogen) atoms. The Morgan fingerprint density at radius 2 is 2.25 bits per heavy atom. The van der Waals surface area contributed by atoms with Crippen LogP contribution >= 0.6 is 0 Å². The van der Waals surface area contributed by atoms with E-state index in [0.29, 0.717) is 29.7 Å². The summed E-state index contributed by atoms with van der Waals surface area (Å²) >= 11 is 0. The standard InChI is InChI=1S/C17H23N5O2/c1-4-24-16(23)15-9-18-17(20-12(15)2)22-6-5-13(11-22)7-14-8-19-21(3)10-14/h8-10,13H,4-7,11H2,1-3H3. The van der Waals surface area contributed by atoms with E-state index in [1.165, 1.54) is 5.56 Å². The van der Waals surface area contributed by atoms with Crippen molar-refractivity contribution in [2.45, 2.75) is 26.7 Å². The normalized spacial score (nSPS) is 17.3. The maximum Gasteiger partial charge on any atom is 0.341 e. The lowest BCUT2D eigenvalue weighted by molar-refractivity contribution is 0.0524. The van der Waals surface area contributed by atoms with E-state index in [4.69, 9.17) is 4.74 Å². The lowest BCUT2D eigenvalue weighted by Crippen LogP contribution is -2.23. The van der Waals surface area contributed by atoms with Gasteiger partial charge in [0.15, 0.2) is 0 Å². The van der Waals surface area contributed by atoms with E-state index in [2.05, 4.69) is 26.2 Å². The third-order valence-electron chi connectivity index (χ3n) is 4.31. The van der Waals surface area contributed by atoms with Crippen LogP contribution in [0.15, 0.2) is 18.6 Å². The van der Waals surface area contributed by atoms with Crippen LogP contribution in [0.4, 0.5) is 5.95 Å². The van der Waals surface area contributed by atoms with Gasteiger partial charge in [-0.3, -0.25) is 4.68 Å². The molecule has 1 fully saturated rings. The molecule has 1 atom stereocenters. The Morgan fingerprint density at radius 1 is 1.42 bits per heavy atom. The lowest BCUT2D eigenvalue weighted by atomic mass is 10.0. The van der Waals surface area contributed by atoms with Gasteiger partial charge in [-0.25, -0.2) is 14.8 Å². The topological polar surface area (TPSA) is 73.1 Å². The van der Waals surface area contributed by atoms with E-state index in [1.807, 2.05) is 24.9 Å². The molecule has 1 aliphatic rings. The van der Waals surface area contributed by atoms with Crippen LogP contribution in [0.3, 0.4) is 0 Å². The Labute approximate surface area is 141 Å². The molecular weight excluding hydrogens is 306 g/mol. The van der Waals surface area contributed by atoms with Gasteiger partial charge in [-0.15, -0.1) is 0 Å². The number of rotatable bonds is 5. The zero-order valence-electron chi connectivity index (χ0n) is 14.4. The average molecular weight is 329 g/mol. The van der Waals surface area contributed by atoms with Gasteiger partial charge in [0, 0.05) is 32.5 Å². The van der Waals surface area contributed by atoms with Crippen LogP contribution in [-0.4, -0.2) is 45.4 Å². The van der Waals surface area contributed by atoms with Gasteiger partial charge < -0.3 is 9.64 Å². The molecule has 128 valence electrons. The second kappa shape index (κ2) is 6.98. The largest absolute Gasteiger partial charge is 0.462 e. The minimum atomic E-state index is -0.363. The molecule has 1 aliphatic heterocycles. The molecule has 0 aliphatic carbocycles. The Hall–Kier alpha value is -2.44. The highest BCUT2D eigenvalue weighted by Gasteiger charge is 2.25. The summed E-state index contributed by atoms with van der Waals surface area (Å²) < 4.78 is 6.86. The number of hydrogen-bond donors (Lipinski definition) is 0. The Balaban J connectivity index is 1.65. The van der Waals surface area contributed by atoms with Crippen molar-refractivity contribution in [3.63, 3.8) is 0 Å². The van der Waals surface area contributed by atoms with Crippen LogP contribution in [0, 0.1) is 12.8 Å². The number of carbonyl (C=O) groups is 1. The van der Waals surface area contributed by atoms with Crippen molar-refractivity contribution in [3.8, 4) is 0 Å². The van der Waals surface area contributed by atoms with Gasteiger partial charge in [0.2, 0.25) is 5.95 Å². The molecule has 0 radical (unpaired) electrons. The second-order valence-corrected chi connectivity index (χ2v) is 6.22. The van der Waals surface area contributed by atoms with E-state index < -0.39 is 0 Å². The van der Waals surface area contributed by atoms with Crippen molar-refractivity contribution in [2.24, 2.45) is 13.0 Å². The van der Waals surface area contributed by atoms with E-state index in [0.717, 1.165) is 25.9 Å². The first kappa shape index (κ1) is 16.4. The molecule has 0 spiro atoms. The molecule has 1 unspecified atom stereocenters. The highest BCUT2D eigenvalue weighted by Crippen LogP contribution is 2.24. The number of anilines is 1. The molecule has 3 rings (SSSR count). The van der Waals surface area contributed by atoms with Gasteiger partial charge in [-0.05, 0) is 38.2 Å². The number of aryl methyl sites for hydroxylation is 2. The van der Waals surface area contributed by atoms with E-state index in [9.17, 15) is 4.79 Å². The predicted octanol–water partition coefficient (Wildman–Crippen LogP) is 1.76. The Bertz CT molecular complexity index is 728. The molecule has 1 saturated heterocycles. The van der Waals surface area contributed by atoms with Gasteiger partial charge in [0.1, 0.15) is 0 Å². The minimum Gasteiger partial charge on any atom is -0.462 e. The molecule has 0 N–H and O–H groups in total. The molecule has 0 amide bonds. The zero-order valence-corrected chi connectivity index (χ0v) is 14.4. The Kier molecular flexibility index (Phi) is 4.78. The maximum atomic E-state index is 11.8. The highest BCUT2D eigenvalue weighted by atomic mass is 16.5. The minimum absolute atomic E-state index is 0.349. The molecule has 7 heteroatoms. The molecule has 0 aromatic carbocycles. The van der Waals surface area contributed by atoms with Crippen molar-refractivity contribution in [1.29, 1.82) is 0 Å². The van der Waals surface area contributed by atoms with Gasteiger partial charge in [0.25, 0.3) is 0 Å². The summed E-state index contributed by atoms with van der Waals surface area (Å²) in [4.78, 5) is 22.9. The van der Waals surface area contributed by atoms with Crippen molar-refractivity contribution in [2.75, 3.05) is 24.6 Å². The summed E-state index contributed by atoms with van der Waals surface area (Å²) in [6.07, 6.45) is 7.69. The summed E-state index contributed by atoms with van der Waals surface area (Å²) in [5.41, 5.74) is 2.36. The molecule has 2 aromatic rings. The van der Waals surface area contributed by atoms with Gasteiger partial charge >= 0.3 is 5.97 Å². The van der Waals surface area contributed by atoms with E-state index in [1.54, 1.807) is 13.1 Å². The third kappa shape index (κ3) is 3.55. The molecule has 3 heterocycles. The fourth-order valence-electron chi connectivity index (χ4n) is 3.11. The number of carbonyl (C=O) groups excluding carboxylic acids is 1. The smallest absolute Gasteiger partial charge is 0.341 e. The quantitative estimate of drug-likeness (QED) is 0.778. The fourth-order valence-corrected chi connectivity index (χ4v) is 3.11. The highest BCUT2D eigenvalue weighted by molar-refractivity contribution is 5.90. The number of aromatic nitrogens is 4. The first-order valence-corrected chi connectivity index (χ1v) is 8.30. The fraction of sp³-hybridized carbons (Fsp3) is 0.529. The van der Waals surface area contributed by atoms with Gasteiger partial charge in [-0.2, -0.15) is 5.10 Å². The molecule has 7 nitrogen and oxygen atoms in total. The lowest BCUT2D eigenvalue weighted by Gasteiger charge is -2.17. The van der Waals surface area contributed by atoms with Crippen LogP contribution in [0.1, 0.15) is 35.0 Å². The Morgan fingerprint density at radius 3 is 2.92 bits per heavy atom. The predicted molar refractivity (Wildman–Crippen MR) is 90.0 cm³/mol. The van der Waals surface area contributed by atoms with Crippen LogP contribution in [-0.2, 0) is 18.2 Å². The average Bonchev–Trinajstić information content (AvgIpc) is 3.17. The molecular formula is C17H23N5O2. The SMILES string of the molecule is CCOC(=O)c1cnc(N2CCC(Cc3cnn(C)c3)C2)nc1C. The molecule has 0 saturated carbocycles. The summed E-state index contributed by atoms with van der Waals surface area (Å²) in [5.74, 6) is 0.898. The number of esters is 1. The monoisotopic (exact) mass is 329 g/mol. The zero-order chi connectivity index (χ0) is 17.1. The summed E-state index contributed by atoms with van der Waals surface area (Å²) in [6.45, 7) is 5.81. The third-order valence-corrected chi connectivity index (χ3v) is 4.31. The van der Waals surface area contributed by atoms with Gasteiger partial charge in [-0.1, -0.05) is 0 Å². The van der Waals surface area contributed by atoms with Crippen molar-refractivity contribution in [3.05, 3.63) is 35.4 Å². The van der Waals surface area contributed by atoms with Crippen molar-refractivity contribution >= 4 is 11.9 Å². The first-order valence-electron chi connectivity index (χ1n) is 8.30. The second-order valence-electron chi connectivity index (χ2n) is 6.22. The van der Waals surface area contributed by atoms with Crippen LogP contribution in [0.25, 0.3) is 0 Å². The molecule has 0 bridgehead atoms. The first-order chi connectivity index (χ1) is 11.6. The van der Waals surface area contributed by atoms with Gasteiger partial charge in [0.05, 0.1) is 24.1 Å². The van der Waals surface area contributed by atoms with Crippen LogP contribution in [0.5, 0.6) is 0 Å². The van der Waals surface area contributed by atoms with Crippen LogP contribution in [0.2, 0.25) is 0 Å². The summed E-state index contributed by atoms with van der Waals surface area (Å²) in [7, 11) is 1.94. The molecule has 2 aromatic heterocycles. The van der Waals surface area contributed by atoms with Crippen molar-refractivity contribution < 1.29 is 9.53 Å². The number of ether oxygens (including phenoxy) is 1. The number of nitrogens with zero attached hydrogens (tertiary/aromatic N) is 5. The summed E-state index contributed by atoms with van der Waals surface area (Å²) in [5, 5.41) is 4.22. The van der Waals surface area contributed by atoms with Crippen LogP contribution < -0.4 is 4.90 Å². The van der Waals surface area contributed by atoms with E-state index >= 15 is 0 Å². The number of hydrogen-bond acceptors (Lipinski definition) is 6. The maximum absolute atomic E-state index is 11.8. The van der Waals surface area contributed by atoms with E-state index in [-0.39, 0.29) is 5.97 Å².